The monoisotopic (exact) mass is 197 g/mol. The molecule has 0 aromatic heterocycles. The SMILES string of the molecule is C=C[C@]1(C(=O)OCC)CCCC1=NO. The second kappa shape index (κ2) is 4.26. The van der Waals surface area contributed by atoms with Crippen molar-refractivity contribution in [2.24, 2.45) is 10.6 Å². The van der Waals surface area contributed by atoms with Gasteiger partial charge >= 0.3 is 5.97 Å². The fourth-order valence-electron chi connectivity index (χ4n) is 1.82. The van der Waals surface area contributed by atoms with Gasteiger partial charge in [0.15, 0.2) is 0 Å². The lowest BCUT2D eigenvalue weighted by Gasteiger charge is -2.22. The van der Waals surface area contributed by atoms with Gasteiger partial charge in [-0.3, -0.25) is 4.79 Å². The Bertz CT molecular complexity index is 273. The third kappa shape index (κ3) is 1.52. The maximum Gasteiger partial charge on any atom is 0.321 e. The van der Waals surface area contributed by atoms with Crippen LogP contribution in [0.1, 0.15) is 26.2 Å². The predicted molar refractivity (Wildman–Crippen MR) is 52.3 cm³/mol. The number of rotatable bonds is 3. The predicted octanol–water partition coefficient (Wildman–Crippen LogP) is 1.74. The molecular formula is C10H15NO3. The summed E-state index contributed by atoms with van der Waals surface area (Å²) in [7, 11) is 0. The van der Waals surface area contributed by atoms with Gasteiger partial charge in [-0.2, -0.15) is 0 Å². The van der Waals surface area contributed by atoms with Gasteiger partial charge < -0.3 is 9.94 Å². The van der Waals surface area contributed by atoms with Crippen molar-refractivity contribution in [1.29, 1.82) is 0 Å². The summed E-state index contributed by atoms with van der Waals surface area (Å²) in [5.41, 5.74) is -0.420. The molecule has 1 fully saturated rings. The largest absolute Gasteiger partial charge is 0.465 e. The Morgan fingerprint density at radius 3 is 3.07 bits per heavy atom. The minimum Gasteiger partial charge on any atom is -0.465 e. The van der Waals surface area contributed by atoms with Crippen molar-refractivity contribution in [2.45, 2.75) is 26.2 Å². The van der Waals surface area contributed by atoms with Crippen molar-refractivity contribution in [3.63, 3.8) is 0 Å². The zero-order chi connectivity index (χ0) is 10.6. The average molecular weight is 197 g/mol. The number of carbonyl (C=O) groups is 1. The van der Waals surface area contributed by atoms with Crippen LogP contribution in [0.3, 0.4) is 0 Å². The number of oxime groups is 1. The molecule has 0 saturated heterocycles. The molecular weight excluding hydrogens is 182 g/mol. The molecule has 1 saturated carbocycles. The Labute approximate surface area is 83.2 Å². The average Bonchev–Trinajstić information content (AvgIpc) is 2.61. The van der Waals surface area contributed by atoms with Crippen LogP contribution >= 0.6 is 0 Å². The highest BCUT2D eigenvalue weighted by atomic mass is 16.5. The van der Waals surface area contributed by atoms with Gasteiger partial charge in [0.25, 0.3) is 0 Å². The van der Waals surface area contributed by atoms with Gasteiger partial charge in [0, 0.05) is 0 Å². The summed E-state index contributed by atoms with van der Waals surface area (Å²) in [6, 6.07) is 0. The van der Waals surface area contributed by atoms with E-state index in [1.165, 1.54) is 6.08 Å². The lowest BCUT2D eigenvalue weighted by Crippen LogP contribution is -2.34. The van der Waals surface area contributed by atoms with Gasteiger partial charge in [-0.15, -0.1) is 6.58 Å². The quantitative estimate of drug-likeness (QED) is 0.324. The van der Waals surface area contributed by atoms with Gasteiger partial charge in [0.1, 0.15) is 5.41 Å². The summed E-state index contributed by atoms with van der Waals surface area (Å²) in [5.74, 6) is -0.361. The molecule has 0 amide bonds. The number of nitrogens with zero attached hydrogens (tertiary/aromatic N) is 1. The van der Waals surface area contributed by atoms with Gasteiger partial charge in [-0.1, -0.05) is 11.2 Å². The highest BCUT2D eigenvalue weighted by Gasteiger charge is 2.45. The molecule has 1 atom stereocenters. The number of ether oxygens (including phenoxy) is 1. The molecule has 4 nitrogen and oxygen atoms in total. The van der Waals surface area contributed by atoms with E-state index in [2.05, 4.69) is 11.7 Å². The van der Waals surface area contributed by atoms with Crippen molar-refractivity contribution in [3.05, 3.63) is 12.7 Å². The zero-order valence-electron chi connectivity index (χ0n) is 8.32. The van der Waals surface area contributed by atoms with E-state index >= 15 is 0 Å². The van der Waals surface area contributed by atoms with Gasteiger partial charge in [-0.05, 0) is 26.2 Å². The van der Waals surface area contributed by atoms with E-state index in [0.717, 1.165) is 6.42 Å². The molecule has 0 aliphatic heterocycles. The zero-order valence-corrected chi connectivity index (χ0v) is 8.32. The highest BCUT2D eigenvalue weighted by molar-refractivity contribution is 6.09. The molecule has 0 unspecified atom stereocenters. The molecule has 0 radical (unpaired) electrons. The number of esters is 1. The molecule has 0 aromatic carbocycles. The normalized spacial score (nSPS) is 29.1. The topological polar surface area (TPSA) is 58.9 Å². The van der Waals surface area contributed by atoms with Crippen LogP contribution in [0.15, 0.2) is 17.8 Å². The van der Waals surface area contributed by atoms with Gasteiger partial charge in [-0.25, -0.2) is 0 Å². The van der Waals surface area contributed by atoms with Gasteiger partial charge in [0.2, 0.25) is 0 Å². The summed E-state index contributed by atoms with van der Waals surface area (Å²) in [6.45, 7) is 5.70. The maximum atomic E-state index is 11.7. The molecule has 78 valence electrons. The molecule has 1 rings (SSSR count). The Kier molecular flexibility index (Phi) is 3.28. The summed E-state index contributed by atoms with van der Waals surface area (Å²) in [4.78, 5) is 11.7. The van der Waals surface area contributed by atoms with Crippen molar-refractivity contribution in [3.8, 4) is 0 Å². The van der Waals surface area contributed by atoms with Gasteiger partial charge in [0.05, 0.1) is 12.3 Å². The molecule has 0 heterocycles. The first-order chi connectivity index (χ1) is 6.71. The van der Waals surface area contributed by atoms with E-state index in [0.29, 0.717) is 25.2 Å². The second-order valence-corrected chi connectivity index (χ2v) is 3.30. The molecule has 4 heteroatoms. The molecule has 14 heavy (non-hydrogen) atoms. The molecule has 1 aliphatic carbocycles. The molecule has 0 spiro atoms. The van der Waals surface area contributed by atoms with Crippen LogP contribution in [0.25, 0.3) is 0 Å². The van der Waals surface area contributed by atoms with Crippen molar-refractivity contribution in [1.82, 2.24) is 0 Å². The lowest BCUT2D eigenvalue weighted by atomic mass is 9.85. The first kappa shape index (κ1) is 10.8. The van der Waals surface area contributed by atoms with Crippen LogP contribution in [0.4, 0.5) is 0 Å². The fraction of sp³-hybridized carbons (Fsp3) is 0.600. The second-order valence-electron chi connectivity index (χ2n) is 3.30. The molecule has 1 N–H and O–H groups in total. The van der Waals surface area contributed by atoms with E-state index in [4.69, 9.17) is 9.94 Å². The van der Waals surface area contributed by atoms with E-state index in [1.807, 2.05) is 0 Å². The van der Waals surface area contributed by atoms with Crippen LogP contribution in [0.2, 0.25) is 0 Å². The maximum absolute atomic E-state index is 11.7. The summed E-state index contributed by atoms with van der Waals surface area (Å²) >= 11 is 0. The first-order valence-corrected chi connectivity index (χ1v) is 4.73. The molecule has 1 aliphatic rings. The third-order valence-electron chi connectivity index (χ3n) is 2.61. The number of hydrogen-bond acceptors (Lipinski definition) is 4. The fourth-order valence-corrected chi connectivity index (χ4v) is 1.82. The minimum absolute atomic E-state index is 0.327. The van der Waals surface area contributed by atoms with Crippen LogP contribution < -0.4 is 0 Å². The molecule has 0 bridgehead atoms. The van der Waals surface area contributed by atoms with Crippen LogP contribution in [-0.4, -0.2) is 23.5 Å². The lowest BCUT2D eigenvalue weighted by molar-refractivity contribution is -0.148. The van der Waals surface area contributed by atoms with Crippen molar-refractivity contribution in [2.75, 3.05) is 6.61 Å². The first-order valence-electron chi connectivity index (χ1n) is 4.73. The smallest absolute Gasteiger partial charge is 0.321 e. The third-order valence-corrected chi connectivity index (χ3v) is 2.61. The van der Waals surface area contributed by atoms with E-state index in [-0.39, 0.29) is 5.97 Å². The van der Waals surface area contributed by atoms with Crippen LogP contribution in [0.5, 0.6) is 0 Å². The standard InChI is InChI=1S/C10H15NO3/c1-3-10(9(12)14-4-2)7-5-6-8(10)11-13/h3,13H,1,4-7H2,2H3/t10-/m0/s1. The Hall–Kier alpha value is -1.32. The van der Waals surface area contributed by atoms with Crippen LogP contribution in [0, 0.1) is 5.41 Å². The van der Waals surface area contributed by atoms with Crippen molar-refractivity contribution < 1.29 is 14.7 Å². The van der Waals surface area contributed by atoms with E-state index in [9.17, 15) is 4.79 Å². The Balaban J connectivity index is 2.96. The number of carbonyl (C=O) groups excluding carboxylic acids is 1. The minimum atomic E-state index is -0.884. The highest BCUT2D eigenvalue weighted by Crippen LogP contribution is 2.38. The van der Waals surface area contributed by atoms with E-state index in [1.54, 1.807) is 6.92 Å². The van der Waals surface area contributed by atoms with E-state index < -0.39 is 5.41 Å². The van der Waals surface area contributed by atoms with Crippen molar-refractivity contribution >= 4 is 11.7 Å². The van der Waals surface area contributed by atoms with Crippen LogP contribution in [-0.2, 0) is 9.53 Å². The summed E-state index contributed by atoms with van der Waals surface area (Å²) in [5, 5.41) is 11.9. The Morgan fingerprint density at radius 2 is 2.57 bits per heavy atom. The summed E-state index contributed by atoms with van der Waals surface area (Å²) in [6.07, 6.45) is 3.59. The summed E-state index contributed by atoms with van der Waals surface area (Å²) < 4.78 is 4.95. The Morgan fingerprint density at radius 1 is 1.86 bits per heavy atom. The molecule has 0 aromatic rings. The number of hydrogen-bond donors (Lipinski definition) is 1.